The standard InChI is InChI=1S/C16H15FN2O/c1-9(2)14-15(20-19-16(14)18)12-7-8-13(17)11-6-4-3-5-10(11)12/h3-9H,1-2H3,(H2,18,19). The summed E-state index contributed by atoms with van der Waals surface area (Å²) >= 11 is 0. The lowest BCUT2D eigenvalue weighted by Crippen LogP contribution is -1.95. The maximum absolute atomic E-state index is 13.9. The Morgan fingerprint density at radius 2 is 1.80 bits per heavy atom. The minimum absolute atomic E-state index is 0.181. The van der Waals surface area contributed by atoms with E-state index in [4.69, 9.17) is 10.3 Å². The lowest BCUT2D eigenvalue weighted by Gasteiger charge is -2.08. The highest BCUT2D eigenvalue weighted by molar-refractivity contribution is 5.96. The number of anilines is 1. The predicted molar refractivity (Wildman–Crippen MR) is 77.9 cm³/mol. The number of fused-ring (bicyclic) bond motifs is 1. The molecule has 2 aromatic carbocycles. The Hall–Kier alpha value is -2.36. The summed E-state index contributed by atoms with van der Waals surface area (Å²) in [5, 5.41) is 5.21. The number of aromatic nitrogens is 1. The first-order valence-electron chi connectivity index (χ1n) is 6.52. The van der Waals surface area contributed by atoms with Gasteiger partial charge in [0.25, 0.3) is 0 Å². The fourth-order valence-electron chi connectivity index (χ4n) is 2.52. The topological polar surface area (TPSA) is 52.0 Å². The minimum Gasteiger partial charge on any atom is -0.381 e. The summed E-state index contributed by atoms with van der Waals surface area (Å²) in [5.41, 5.74) is 7.55. The van der Waals surface area contributed by atoms with E-state index >= 15 is 0 Å². The van der Waals surface area contributed by atoms with Gasteiger partial charge in [0.05, 0.1) is 0 Å². The molecular formula is C16H15FN2O. The molecule has 0 amide bonds. The number of nitrogens with zero attached hydrogens (tertiary/aromatic N) is 1. The van der Waals surface area contributed by atoms with E-state index in [1.54, 1.807) is 12.1 Å². The van der Waals surface area contributed by atoms with Crippen molar-refractivity contribution in [1.29, 1.82) is 0 Å². The first kappa shape index (κ1) is 12.7. The zero-order valence-electron chi connectivity index (χ0n) is 11.4. The van der Waals surface area contributed by atoms with E-state index in [2.05, 4.69) is 5.16 Å². The van der Waals surface area contributed by atoms with Crippen LogP contribution in [0.2, 0.25) is 0 Å². The molecule has 102 valence electrons. The number of nitrogens with two attached hydrogens (primary N) is 1. The van der Waals surface area contributed by atoms with E-state index in [0.717, 1.165) is 16.5 Å². The molecule has 0 aliphatic carbocycles. The maximum atomic E-state index is 13.9. The molecule has 0 radical (unpaired) electrons. The van der Waals surface area contributed by atoms with Crippen molar-refractivity contribution >= 4 is 16.6 Å². The number of benzene rings is 2. The van der Waals surface area contributed by atoms with E-state index in [0.29, 0.717) is 17.0 Å². The molecule has 0 aliphatic heterocycles. The van der Waals surface area contributed by atoms with Gasteiger partial charge in [-0.1, -0.05) is 43.3 Å². The molecule has 3 rings (SSSR count). The SMILES string of the molecule is CC(C)c1c(N)noc1-c1ccc(F)c2ccccc12. The van der Waals surface area contributed by atoms with E-state index in [9.17, 15) is 4.39 Å². The third kappa shape index (κ3) is 1.84. The highest BCUT2D eigenvalue weighted by atomic mass is 19.1. The summed E-state index contributed by atoms with van der Waals surface area (Å²) in [6, 6.07) is 10.5. The second-order valence-electron chi connectivity index (χ2n) is 5.11. The second kappa shape index (κ2) is 4.63. The van der Waals surface area contributed by atoms with Crippen molar-refractivity contribution in [2.75, 3.05) is 5.73 Å². The summed E-state index contributed by atoms with van der Waals surface area (Å²) in [6.07, 6.45) is 0. The molecule has 20 heavy (non-hydrogen) atoms. The molecule has 0 fully saturated rings. The van der Waals surface area contributed by atoms with E-state index in [1.165, 1.54) is 6.07 Å². The molecule has 0 aliphatic rings. The highest BCUT2D eigenvalue weighted by Crippen LogP contribution is 2.37. The molecular weight excluding hydrogens is 255 g/mol. The molecule has 0 bridgehead atoms. The molecule has 0 unspecified atom stereocenters. The Bertz CT molecular complexity index is 777. The van der Waals surface area contributed by atoms with Crippen molar-refractivity contribution in [3.63, 3.8) is 0 Å². The Labute approximate surface area is 116 Å². The summed E-state index contributed by atoms with van der Waals surface area (Å²) in [5.74, 6) is 0.945. The predicted octanol–water partition coefficient (Wildman–Crippen LogP) is 4.34. The van der Waals surface area contributed by atoms with Crippen LogP contribution in [0.1, 0.15) is 25.3 Å². The summed E-state index contributed by atoms with van der Waals surface area (Å²) in [6.45, 7) is 4.05. The molecule has 4 heteroatoms. The Balaban J connectivity index is 2.34. The zero-order chi connectivity index (χ0) is 14.3. The molecule has 0 saturated heterocycles. The normalized spacial score (nSPS) is 11.4. The van der Waals surface area contributed by atoms with Crippen LogP contribution in [0.3, 0.4) is 0 Å². The van der Waals surface area contributed by atoms with Crippen LogP contribution in [0.5, 0.6) is 0 Å². The molecule has 0 atom stereocenters. The molecule has 3 nitrogen and oxygen atoms in total. The van der Waals surface area contributed by atoms with Gasteiger partial charge in [0.15, 0.2) is 11.6 Å². The summed E-state index contributed by atoms with van der Waals surface area (Å²) < 4.78 is 19.3. The summed E-state index contributed by atoms with van der Waals surface area (Å²) in [7, 11) is 0. The monoisotopic (exact) mass is 270 g/mol. The van der Waals surface area contributed by atoms with Crippen molar-refractivity contribution in [3.8, 4) is 11.3 Å². The number of nitrogen functional groups attached to an aromatic ring is 1. The smallest absolute Gasteiger partial charge is 0.173 e. The van der Waals surface area contributed by atoms with Gasteiger partial charge in [-0.3, -0.25) is 0 Å². The van der Waals surface area contributed by atoms with Crippen molar-refractivity contribution in [3.05, 3.63) is 47.8 Å². The van der Waals surface area contributed by atoms with Crippen LogP contribution in [0.25, 0.3) is 22.1 Å². The van der Waals surface area contributed by atoms with Gasteiger partial charge in [-0.25, -0.2) is 4.39 Å². The molecule has 0 spiro atoms. The number of hydrogen-bond acceptors (Lipinski definition) is 3. The fourth-order valence-corrected chi connectivity index (χ4v) is 2.52. The van der Waals surface area contributed by atoms with Crippen LogP contribution in [-0.2, 0) is 0 Å². The first-order chi connectivity index (χ1) is 9.59. The van der Waals surface area contributed by atoms with Crippen molar-refractivity contribution in [1.82, 2.24) is 5.16 Å². The van der Waals surface area contributed by atoms with Crippen molar-refractivity contribution < 1.29 is 8.91 Å². The number of hydrogen-bond donors (Lipinski definition) is 1. The van der Waals surface area contributed by atoms with E-state index < -0.39 is 0 Å². The van der Waals surface area contributed by atoms with Crippen LogP contribution in [0.4, 0.5) is 10.2 Å². The quantitative estimate of drug-likeness (QED) is 0.753. The average Bonchev–Trinajstić information content (AvgIpc) is 2.81. The lowest BCUT2D eigenvalue weighted by atomic mass is 9.95. The lowest BCUT2D eigenvalue weighted by molar-refractivity contribution is 0.435. The number of rotatable bonds is 2. The van der Waals surface area contributed by atoms with Gasteiger partial charge in [0.1, 0.15) is 5.82 Å². The Kier molecular flexibility index (Phi) is 2.93. The zero-order valence-corrected chi connectivity index (χ0v) is 11.4. The van der Waals surface area contributed by atoms with Crippen molar-refractivity contribution in [2.45, 2.75) is 19.8 Å². The molecule has 3 aromatic rings. The fraction of sp³-hybridized carbons (Fsp3) is 0.188. The van der Waals surface area contributed by atoms with Gasteiger partial charge in [-0.2, -0.15) is 0 Å². The van der Waals surface area contributed by atoms with Crippen LogP contribution in [-0.4, -0.2) is 5.16 Å². The first-order valence-corrected chi connectivity index (χ1v) is 6.52. The maximum Gasteiger partial charge on any atom is 0.173 e. The summed E-state index contributed by atoms with van der Waals surface area (Å²) in [4.78, 5) is 0. The second-order valence-corrected chi connectivity index (χ2v) is 5.11. The number of halogens is 1. The van der Waals surface area contributed by atoms with Crippen molar-refractivity contribution in [2.24, 2.45) is 0 Å². The van der Waals surface area contributed by atoms with Gasteiger partial charge >= 0.3 is 0 Å². The molecule has 0 saturated carbocycles. The Morgan fingerprint density at radius 1 is 1.10 bits per heavy atom. The average molecular weight is 270 g/mol. The third-order valence-corrected chi connectivity index (χ3v) is 3.45. The van der Waals surface area contributed by atoms with Gasteiger partial charge in [-0.15, -0.1) is 0 Å². The van der Waals surface area contributed by atoms with Crippen LogP contribution < -0.4 is 5.73 Å². The van der Waals surface area contributed by atoms with Crippen LogP contribution in [0.15, 0.2) is 40.9 Å². The molecule has 1 heterocycles. The van der Waals surface area contributed by atoms with E-state index in [-0.39, 0.29) is 11.7 Å². The van der Waals surface area contributed by atoms with Gasteiger partial charge in [0, 0.05) is 16.5 Å². The minimum atomic E-state index is -0.247. The van der Waals surface area contributed by atoms with Gasteiger partial charge in [-0.05, 0) is 23.4 Å². The van der Waals surface area contributed by atoms with Crippen LogP contribution in [0, 0.1) is 5.82 Å². The largest absolute Gasteiger partial charge is 0.381 e. The Morgan fingerprint density at radius 3 is 2.50 bits per heavy atom. The molecule has 1 aromatic heterocycles. The van der Waals surface area contributed by atoms with Gasteiger partial charge in [0.2, 0.25) is 0 Å². The van der Waals surface area contributed by atoms with Crippen LogP contribution >= 0.6 is 0 Å². The van der Waals surface area contributed by atoms with Gasteiger partial charge < -0.3 is 10.3 Å². The third-order valence-electron chi connectivity index (χ3n) is 3.45. The molecule has 2 N–H and O–H groups in total. The van der Waals surface area contributed by atoms with E-state index in [1.807, 2.05) is 32.0 Å². The highest BCUT2D eigenvalue weighted by Gasteiger charge is 2.20.